The van der Waals surface area contributed by atoms with Crippen LogP contribution < -0.4 is 10.6 Å². The van der Waals surface area contributed by atoms with Crippen LogP contribution in [0.1, 0.15) is 25.7 Å². The maximum Gasteiger partial charge on any atom is 0.190 e. The second-order valence-electron chi connectivity index (χ2n) is 5.31. The molecule has 6 heteroatoms. The molecule has 2 N–H and O–H groups in total. The molecule has 0 heterocycles. The summed E-state index contributed by atoms with van der Waals surface area (Å²) < 4.78 is 12.8. The number of aliphatic imine (C=N–C) groups is 1. The number of halogens is 2. The third kappa shape index (κ3) is 8.22. The van der Waals surface area contributed by atoms with Crippen molar-refractivity contribution in [2.45, 2.75) is 30.6 Å². The van der Waals surface area contributed by atoms with Crippen molar-refractivity contribution >= 4 is 41.7 Å². The summed E-state index contributed by atoms with van der Waals surface area (Å²) >= 11 is 1.75. The van der Waals surface area contributed by atoms with Crippen molar-refractivity contribution in [1.82, 2.24) is 10.6 Å². The van der Waals surface area contributed by atoms with Crippen molar-refractivity contribution in [3.63, 3.8) is 0 Å². The molecule has 1 aromatic rings. The third-order valence-electron chi connectivity index (χ3n) is 3.46. The van der Waals surface area contributed by atoms with Gasteiger partial charge < -0.3 is 10.6 Å². The van der Waals surface area contributed by atoms with Crippen molar-refractivity contribution in [3.05, 3.63) is 30.1 Å². The van der Waals surface area contributed by atoms with Crippen LogP contribution >= 0.6 is 35.7 Å². The molecule has 0 aromatic heterocycles. The van der Waals surface area contributed by atoms with Crippen LogP contribution in [0.3, 0.4) is 0 Å². The second-order valence-corrected chi connectivity index (χ2v) is 6.48. The minimum Gasteiger partial charge on any atom is -0.356 e. The highest BCUT2D eigenvalue weighted by atomic mass is 127. The molecule has 0 atom stereocenters. The zero-order valence-corrected chi connectivity index (χ0v) is 16.1. The molecular formula is C16H25FIN3S. The standard InChI is InChI=1S/C16H24FN3S.HI/c1-18-16(20-11-9-13-3-4-13)19-10-2-12-21-15-7-5-14(17)6-8-15;/h5-8,13H,2-4,9-12H2,1H3,(H2,18,19,20);1H. The normalized spacial score (nSPS) is 14.4. The molecule has 0 saturated heterocycles. The van der Waals surface area contributed by atoms with Gasteiger partial charge in [-0.2, -0.15) is 0 Å². The fourth-order valence-electron chi connectivity index (χ4n) is 2.02. The molecule has 2 rings (SSSR count). The summed E-state index contributed by atoms with van der Waals surface area (Å²) in [4.78, 5) is 5.33. The number of guanidine groups is 1. The van der Waals surface area contributed by atoms with Gasteiger partial charge in [-0.15, -0.1) is 35.7 Å². The Balaban J connectivity index is 0.00000242. The number of nitrogens with zero attached hydrogens (tertiary/aromatic N) is 1. The minimum atomic E-state index is -0.179. The lowest BCUT2D eigenvalue weighted by molar-refractivity contribution is 0.626. The van der Waals surface area contributed by atoms with Crippen LogP contribution in [0.4, 0.5) is 4.39 Å². The first-order valence-electron chi connectivity index (χ1n) is 7.61. The number of benzene rings is 1. The van der Waals surface area contributed by atoms with E-state index in [4.69, 9.17) is 0 Å². The lowest BCUT2D eigenvalue weighted by atomic mass is 10.3. The maximum absolute atomic E-state index is 12.8. The topological polar surface area (TPSA) is 36.4 Å². The maximum atomic E-state index is 12.8. The monoisotopic (exact) mass is 437 g/mol. The Morgan fingerprint density at radius 1 is 1.23 bits per heavy atom. The van der Waals surface area contributed by atoms with Gasteiger partial charge in [-0.25, -0.2) is 4.39 Å². The molecule has 0 bridgehead atoms. The predicted octanol–water partition coefficient (Wildman–Crippen LogP) is 3.89. The zero-order chi connectivity index (χ0) is 14.9. The number of thioether (sulfide) groups is 1. The van der Waals surface area contributed by atoms with Crippen molar-refractivity contribution in [3.8, 4) is 0 Å². The average Bonchev–Trinajstić information content (AvgIpc) is 3.31. The van der Waals surface area contributed by atoms with Gasteiger partial charge >= 0.3 is 0 Å². The van der Waals surface area contributed by atoms with E-state index in [0.717, 1.165) is 42.0 Å². The molecule has 1 aromatic carbocycles. The summed E-state index contributed by atoms with van der Waals surface area (Å²) in [5, 5.41) is 6.67. The molecule has 1 fully saturated rings. The van der Waals surface area contributed by atoms with Crippen LogP contribution in [0, 0.1) is 11.7 Å². The molecule has 3 nitrogen and oxygen atoms in total. The van der Waals surface area contributed by atoms with Crippen molar-refractivity contribution in [2.24, 2.45) is 10.9 Å². The molecule has 0 radical (unpaired) electrons. The molecule has 124 valence electrons. The van der Waals surface area contributed by atoms with E-state index in [9.17, 15) is 4.39 Å². The summed E-state index contributed by atoms with van der Waals surface area (Å²) in [6.07, 6.45) is 5.09. The van der Waals surface area contributed by atoms with Crippen LogP contribution in [0.2, 0.25) is 0 Å². The SMILES string of the molecule is CN=C(NCCCSc1ccc(F)cc1)NCCC1CC1.I. The minimum absolute atomic E-state index is 0. The molecule has 1 aliphatic rings. The van der Waals surface area contributed by atoms with Crippen LogP contribution in [-0.4, -0.2) is 31.8 Å². The highest BCUT2D eigenvalue weighted by Gasteiger charge is 2.20. The summed E-state index contributed by atoms with van der Waals surface area (Å²) in [5.41, 5.74) is 0. The Morgan fingerprint density at radius 3 is 2.55 bits per heavy atom. The van der Waals surface area contributed by atoms with E-state index >= 15 is 0 Å². The molecule has 0 aliphatic heterocycles. The number of nitrogens with one attached hydrogen (secondary N) is 2. The van der Waals surface area contributed by atoms with E-state index in [-0.39, 0.29) is 29.8 Å². The van der Waals surface area contributed by atoms with Crippen LogP contribution in [-0.2, 0) is 0 Å². The first-order valence-corrected chi connectivity index (χ1v) is 8.59. The van der Waals surface area contributed by atoms with E-state index in [1.165, 1.54) is 31.4 Å². The molecule has 22 heavy (non-hydrogen) atoms. The summed E-state index contributed by atoms with van der Waals surface area (Å²) in [5.74, 6) is 2.67. The summed E-state index contributed by atoms with van der Waals surface area (Å²) in [6.45, 7) is 1.91. The highest BCUT2D eigenvalue weighted by molar-refractivity contribution is 14.0. The Kier molecular flexibility index (Phi) is 9.86. The first-order chi connectivity index (χ1) is 10.3. The predicted molar refractivity (Wildman–Crippen MR) is 104 cm³/mol. The molecule has 0 amide bonds. The Hall–Kier alpha value is -0.500. The fourth-order valence-corrected chi connectivity index (χ4v) is 2.87. The van der Waals surface area contributed by atoms with Crippen molar-refractivity contribution < 1.29 is 4.39 Å². The van der Waals surface area contributed by atoms with Gasteiger partial charge in [-0.3, -0.25) is 4.99 Å². The molecular weight excluding hydrogens is 412 g/mol. The van der Waals surface area contributed by atoms with E-state index in [0.29, 0.717) is 0 Å². The number of hydrogen-bond donors (Lipinski definition) is 2. The Labute approximate surface area is 154 Å². The number of hydrogen-bond acceptors (Lipinski definition) is 2. The van der Waals surface area contributed by atoms with Gasteiger partial charge in [-0.05, 0) is 48.8 Å². The van der Waals surface area contributed by atoms with E-state index in [1.807, 2.05) is 12.1 Å². The van der Waals surface area contributed by atoms with Gasteiger partial charge in [0.15, 0.2) is 5.96 Å². The highest BCUT2D eigenvalue weighted by Crippen LogP contribution is 2.31. The van der Waals surface area contributed by atoms with Gasteiger partial charge in [0, 0.05) is 25.0 Å². The molecule has 1 aliphatic carbocycles. The largest absolute Gasteiger partial charge is 0.356 e. The van der Waals surface area contributed by atoms with Crippen LogP contribution in [0.15, 0.2) is 34.2 Å². The van der Waals surface area contributed by atoms with E-state index in [1.54, 1.807) is 18.8 Å². The summed E-state index contributed by atoms with van der Waals surface area (Å²) in [7, 11) is 1.81. The lowest BCUT2D eigenvalue weighted by Gasteiger charge is -2.11. The van der Waals surface area contributed by atoms with Crippen molar-refractivity contribution in [2.75, 3.05) is 25.9 Å². The van der Waals surface area contributed by atoms with Gasteiger partial charge in [0.1, 0.15) is 5.82 Å². The van der Waals surface area contributed by atoms with Gasteiger partial charge in [-0.1, -0.05) is 12.8 Å². The quantitative estimate of drug-likeness (QED) is 0.213. The smallest absolute Gasteiger partial charge is 0.190 e. The Morgan fingerprint density at radius 2 is 1.91 bits per heavy atom. The average molecular weight is 437 g/mol. The molecule has 1 saturated carbocycles. The Bertz CT molecular complexity index is 449. The molecule has 0 unspecified atom stereocenters. The summed E-state index contributed by atoms with van der Waals surface area (Å²) in [6, 6.07) is 6.66. The van der Waals surface area contributed by atoms with Crippen molar-refractivity contribution in [1.29, 1.82) is 0 Å². The third-order valence-corrected chi connectivity index (χ3v) is 4.56. The van der Waals surface area contributed by atoms with Gasteiger partial charge in [0.05, 0.1) is 0 Å². The van der Waals surface area contributed by atoms with Crippen LogP contribution in [0.5, 0.6) is 0 Å². The fraction of sp³-hybridized carbons (Fsp3) is 0.562. The van der Waals surface area contributed by atoms with E-state index < -0.39 is 0 Å². The second kappa shape index (κ2) is 11.1. The van der Waals surface area contributed by atoms with E-state index in [2.05, 4.69) is 15.6 Å². The van der Waals surface area contributed by atoms with Gasteiger partial charge in [0.25, 0.3) is 0 Å². The number of rotatable bonds is 8. The lowest BCUT2D eigenvalue weighted by Crippen LogP contribution is -2.38. The first kappa shape index (κ1) is 19.5. The van der Waals surface area contributed by atoms with Crippen LogP contribution in [0.25, 0.3) is 0 Å². The zero-order valence-electron chi connectivity index (χ0n) is 13.0. The molecule has 0 spiro atoms. The van der Waals surface area contributed by atoms with Gasteiger partial charge in [0.2, 0.25) is 0 Å².